The molecule has 0 aromatic carbocycles. The zero-order valence-electron chi connectivity index (χ0n) is 5.14. The number of halogens is 4. The number of nitrogens with zero attached hydrogens (tertiary/aromatic N) is 3. The molecule has 0 fully saturated rings. The molecule has 0 atom stereocenters. The molecule has 1 aromatic heterocycles. The molecule has 0 aliphatic heterocycles. The largest absolute Gasteiger partial charge is 0.453 e. The summed E-state index contributed by atoms with van der Waals surface area (Å²) in [6.45, 7) is 0. The maximum absolute atomic E-state index is 11.8. The van der Waals surface area contributed by atoms with Crippen molar-refractivity contribution < 1.29 is 13.2 Å². The molecule has 0 aliphatic carbocycles. The van der Waals surface area contributed by atoms with Crippen LogP contribution in [0.5, 0.6) is 0 Å². The van der Waals surface area contributed by atoms with Gasteiger partial charge in [-0.2, -0.15) is 13.2 Å². The summed E-state index contributed by atoms with van der Waals surface area (Å²) in [5.74, 6) is -1.17. The minimum absolute atomic E-state index is 0.136. The Bertz CT molecular complexity index is 243. The summed E-state index contributed by atoms with van der Waals surface area (Å²) in [7, 11) is 0. The first kappa shape index (κ1) is 8.32. The van der Waals surface area contributed by atoms with E-state index < -0.39 is 12.0 Å². The van der Waals surface area contributed by atoms with Crippen LogP contribution in [0.1, 0.15) is 5.82 Å². The van der Waals surface area contributed by atoms with Crippen LogP contribution in [0, 0.1) is 0 Å². The first-order valence-electron chi connectivity index (χ1n) is 2.56. The lowest BCUT2D eigenvalue weighted by atomic mass is 10.6. The van der Waals surface area contributed by atoms with Crippen molar-refractivity contribution in [3.8, 4) is 0 Å². The van der Waals surface area contributed by atoms with Crippen molar-refractivity contribution in [3.05, 3.63) is 12.2 Å². The first-order chi connectivity index (χ1) is 5.04. The average Bonchev–Trinajstić information content (AvgIpc) is 2.32. The van der Waals surface area contributed by atoms with Crippen LogP contribution in [0.3, 0.4) is 0 Å². The Hall–Kier alpha value is -0.780. The summed E-state index contributed by atoms with van der Waals surface area (Å²) in [5.41, 5.74) is 0. The van der Waals surface area contributed by atoms with Crippen molar-refractivity contribution in [2.24, 2.45) is 0 Å². The molecule has 0 aliphatic rings. The standard InChI is InChI=1S/C4H3ClF3N3/c5-1-11-2-9-3(10-11)4(6,7)8/h2H,1H2. The van der Waals surface area contributed by atoms with E-state index in [9.17, 15) is 13.2 Å². The third-order valence-corrected chi connectivity index (χ3v) is 1.16. The Morgan fingerprint density at radius 2 is 2.18 bits per heavy atom. The number of hydrogen-bond acceptors (Lipinski definition) is 2. The van der Waals surface area contributed by atoms with Crippen LogP contribution in [-0.2, 0) is 12.2 Å². The zero-order chi connectivity index (χ0) is 8.48. The molecule has 11 heavy (non-hydrogen) atoms. The van der Waals surface area contributed by atoms with E-state index >= 15 is 0 Å². The number of aromatic nitrogens is 3. The molecular formula is C4H3ClF3N3. The van der Waals surface area contributed by atoms with Crippen molar-refractivity contribution in [2.45, 2.75) is 12.2 Å². The smallest absolute Gasteiger partial charge is 0.237 e. The summed E-state index contributed by atoms with van der Waals surface area (Å²) in [6, 6.07) is -0.136. The quantitative estimate of drug-likeness (QED) is 0.621. The minimum Gasteiger partial charge on any atom is -0.237 e. The van der Waals surface area contributed by atoms with Crippen LogP contribution >= 0.6 is 11.6 Å². The Kier molecular flexibility index (Phi) is 2.03. The second-order valence-electron chi connectivity index (χ2n) is 1.72. The summed E-state index contributed by atoms with van der Waals surface area (Å²) in [5, 5.41) is 3.05. The van der Waals surface area contributed by atoms with Crippen LogP contribution in [-0.4, -0.2) is 14.8 Å². The normalized spacial score (nSPS) is 12.0. The van der Waals surface area contributed by atoms with Crippen molar-refractivity contribution in [1.82, 2.24) is 14.8 Å². The summed E-state index contributed by atoms with van der Waals surface area (Å²) in [4.78, 5) is 3.00. The monoisotopic (exact) mass is 185 g/mol. The highest BCUT2D eigenvalue weighted by Crippen LogP contribution is 2.25. The molecule has 62 valence electrons. The Morgan fingerprint density at radius 1 is 1.55 bits per heavy atom. The average molecular weight is 186 g/mol. The van der Waals surface area contributed by atoms with E-state index in [1.807, 2.05) is 0 Å². The topological polar surface area (TPSA) is 30.7 Å². The molecule has 0 amide bonds. The predicted octanol–water partition coefficient (Wildman–Crippen LogP) is 1.49. The third-order valence-electron chi connectivity index (χ3n) is 0.912. The molecule has 0 unspecified atom stereocenters. The van der Waals surface area contributed by atoms with E-state index in [-0.39, 0.29) is 6.00 Å². The Morgan fingerprint density at radius 3 is 2.45 bits per heavy atom. The van der Waals surface area contributed by atoms with Gasteiger partial charge in [0.15, 0.2) is 0 Å². The van der Waals surface area contributed by atoms with E-state index in [0.29, 0.717) is 0 Å². The van der Waals surface area contributed by atoms with E-state index in [4.69, 9.17) is 11.6 Å². The highest BCUT2D eigenvalue weighted by atomic mass is 35.5. The molecule has 7 heteroatoms. The fourth-order valence-electron chi connectivity index (χ4n) is 0.482. The number of alkyl halides is 4. The Labute approximate surface area is 64.8 Å². The second kappa shape index (κ2) is 2.69. The van der Waals surface area contributed by atoms with Gasteiger partial charge in [-0.15, -0.1) is 16.7 Å². The summed E-state index contributed by atoms with van der Waals surface area (Å²) < 4.78 is 36.2. The molecule has 1 rings (SSSR count). The van der Waals surface area contributed by atoms with Crippen molar-refractivity contribution in [2.75, 3.05) is 0 Å². The molecule has 3 nitrogen and oxygen atoms in total. The van der Waals surface area contributed by atoms with Gasteiger partial charge in [0, 0.05) is 0 Å². The molecule has 0 bridgehead atoms. The van der Waals surface area contributed by atoms with Gasteiger partial charge < -0.3 is 0 Å². The second-order valence-corrected chi connectivity index (χ2v) is 1.96. The van der Waals surface area contributed by atoms with Crippen LogP contribution in [0.15, 0.2) is 6.33 Å². The first-order valence-corrected chi connectivity index (χ1v) is 3.10. The van der Waals surface area contributed by atoms with Crippen LogP contribution in [0.25, 0.3) is 0 Å². The van der Waals surface area contributed by atoms with Crippen molar-refractivity contribution >= 4 is 11.6 Å². The molecule has 0 spiro atoms. The van der Waals surface area contributed by atoms with Crippen LogP contribution in [0.4, 0.5) is 13.2 Å². The molecule has 0 saturated heterocycles. The molecular weight excluding hydrogens is 183 g/mol. The van der Waals surface area contributed by atoms with Gasteiger partial charge in [-0.3, -0.25) is 0 Å². The van der Waals surface area contributed by atoms with E-state index in [1.54, 1.807) is 0 Å². The highest BCUT2D eigenvalue weighted by molar-refractivity contribution is 6.15. The lowest BCUT2D eigenvalue weighted by Crippen LogP contribution is -2.08. The van der Waals surface area contributed by atoms with Gasteiger partial charge >= 0.3 is 6.18 Å². The van der Waals surface area contributed by atoms with Crippen LogP contribution < -0.4 is 0 Å². The van der Waals surface area contributed by atoms with Gasteiger partial charge in [-0.05, 0) is 0 Å². The molecule has 0 saturated carbocycles. The van der Waals surface area contributed by atoms with Crippen LogP contribution in [0.2, 0.25) is 0 Å². The molecule has 0 N–H and O–H groups in total. The molecule has 0 radical (unpaired) electrons. The fraction of sp³-hybridized carbons (Fsp3) is 0.500. The van der Waals surface area contributed by atoms with Gasteiger partial charge in [-0.25, -0.2) is 9.67 Å². The maximum atomic E-state index is 11.8. The molecule has 1 aromatic rings. The van der Waals surface area contributed by atoms with Gasteiger partial charge in [0.2, 0.25) is 0 Å². The zero-order valence-corrected chi connectivity index (χ0v) is 5.89. The minimum atomic E-state index is -4.49. The number of rotatable bonds is 1. The van der Waals surface area contributed by atoms with Gasteiger partial charge in [0.25, 0.3) is 5.82 Å². The fourth-order valence-corrected chi connectivity index (χ4v) is 0.597. The molecule has 1 heterocycles. The third kappa shape index (κ3) is 1.83. The van der Waals surface area contributed by atoms with E-state index in [2.05, 4.69) is 10.1 Å². The maximum Gasteiger partial charge on any atom is 0.453 e. The lowest BCUT2D eigenvalue weighted by Gasteiger charge is -1.97. The lowest BCUT2D eigenvalue weighted by molar-refractivity contribution is -0.144. The van der Waals surface area contributed by atoms with E-state index in [1.165, 1.54) is 0 Å². The van der Waals surface area contributed by atoms with E-state index in [0.717, 1.165) is 11.0 Å². The van der Waals surface area contributed by atoms with Gasteiger partial charge in [0.1, 0.15) is 12.3 Å². The Balaban J connectivity index is 2.89. The SMILES string of the molecule is FC(F)(F)c1ncn(CCl)n1. The number of hydrogen-bond donors (Lipinski definition) is 0. The van der Waals surface area contributed by atoms with Gasteiger partial charge in [-0.1, -0.05) is 0 Å². The van der Waals surface area contributed by atoms with Gasteiger partial charge in [0.05, 0.1) is 0 Å². The van der Waals surface area contributed by atoms with Crippen molar-refractivity contribution in [3.63, 3.8) is 0 Å². The highest BCUT2D eigenvalue weighted by Gasteiger charge is 2.35. The summed E-state index contributed by atoms with van der Waals surface area (Å²) >= 11 is 5.18. The predicted molar refractivity (Wildman–Crippen MR) is 30.9 cm³/mol. The van der Waals surface area contributed by atoms with Crippen molar-refractivity contribution in [1.29, 1.82) is 0 Å². The summed E-state index contributed by atoms with van der Waals surface area (Å²) in [6.07, 6.45) is -3.56.